The van der Waals surface area contributed by atoms with Gasteiger partial charge in [0, 0.05) is 11.6 Å². The Kier molecular flexibility index (Phi) is 4.08. The van der Waals surface area contributed by atoms with E-state index in [2.05, 4.69) is 21.5 Å². The van der Waals surface area contributed by atoms with Crippen LogP contribution in [0.3, 0.4) is 0 Å². The number of fused-ring (bicyclic) bond motifs is 1. The van der Waals surface area contributed by atoms with Gasteiger partial charge in [-0.05, 0) is 49.9 Å². The van der Waals surface area contributed by atoms with Crippen LogP contribution in [0.4, 0.5) is 5.82 Å². The van der Waals surface area contributed by atoms with E-state index in [1.165, 1.54) is 0 Å². The summed E-state index contributed by atoms with van der Waals surface area (Å²) in [5, 5.41) is 26.9. The highest BCUT2D eigenvalue weighted by molar-refractivity contribution is 5.64. The van der Waals surface area contributed by atoms with Gasteiger partial charge in [-0.15, -0.1) is 5.10 Å². The molecular weight excluding hydrogens is 314 g/mol. The lowest BCUT2D eigenvalue weighted by atomic mass is 9.93. The van der Waals surface area contributed by atoms with Crippen LogP contribution < -0.4 is 5.32 Å². The Labute approximate surface area is 145 Å². The molecule has 1 saturated carbocycles. The molecule has 25 heavy (non-hydrogen) atoms. The molecule has 1 aliphatic rings. The van der Waals surface area contributed by atoms with Crippen molar-refractivity contribution < 1.29 is 5.11 Å². The number of hydrogen-bond acceptors (Lipinski definition) is 5. The fourth-order valence-electron chi connectivity index (χ4n) is 3.37. The number of hydrogen-bond donors (Lipinski definition) is 2. The summed E-state index contributed by atoms with van der Waals surface area (Å²) in [6.07, 6.45) is 5.28. The molecule has 6 nitrogen and oxygen atoms in total. The molecule has 2 aromatic heterocycles. The lowest BCUT2D eigenvalue weighted by Crippen LogP contribution is -2.30. The van der Waals surface area contributed by atoms with Crippen LogP contribution in [0.25, 0.3) is 16.9 Å². The second-order valence-corrected chi connectivity index (χ2v) is 6.48. The van der Waals surface area contributed by atoms with Crippen molar-refractivity contribution in [3.05, 3.63) is 48.2 Å². The van der Waals surface area contributed by atoms with E-state index in [1.54, 1.807) is 18.3 Å². The molecule has 2 N–H and O–H groups in total. The van der Waals surface area contributed by atoms with Crippen molar-refractivity contribution >= 4 is 11.5 Å². The molecule has 6 heteroatoms. The van der Waals surface area contributed by atoms with E-state index in [1.807, 2.05) is 28.8 Å². The summed E-state index contributed by atoms with van der Waals surface area (Å²) in [5.41, 5.74) is 3.24. The van der Waals surface area contributed by atoms with E-state index < -0.39 is 0 Å². The number of anilines is 1. The summed E-state index contributed by atoms with van der Waals surface area (Å²) in [5.74, 6) is 0.777. The van der Waals surface area contributed by atoms with Crippen molar-refractivity contribution in [2.75, 3.05) is 5.32 Å². The maximum absolute atomic E-state index is 9.83. The normalized spacial score (nSPS) is 20.3. The van der Waals surface area contributed by atoms with Crippen LogP contribution in [0, 0.1) is 11.3 Å². The van der Waals surface area contributed by atoms with Crippen molar-refractivity contribution in [1.82, 2.24) is 14.6 Å². The van der Waals surface area contributed by atoms with Gasteiger partial charge in [0.2, 0.25) is 0 Å². The van der Waals surface area contributed by atoms with Gasteiger partial charge in [-0.2, -0.15) is 5.26 Å². The number of rotatable bonds is 3. The molecule has 3 aromatic rings. The van der Waals surface area contributed by atoms with Crippen LogP contribution in [0.2, 0.25) is 0 Å². The molecule has 0 amide bonds. The highest BCUT2D eigenvalue weighted by atomic mass is 16.3. The Morgan fingerprint density at radius 3 is 2.76 bits per heavy atom. The summed E-state index contributed by atoms with van der Waals surface area (Å²) in [4.78, 5) is 4.41. The lowest BCUT2D eigenvalue weighted by molar-refractivity contribution is 0.124. The predicted molar refractivity (Wildman–Crippen MR) is 95.0 cm³/mol. The molecule has 0 spiro atoms. The number of nitrogens with zero attached hydrogens (tertiary/aromatic N) is 4. The van der Waals surface area contributed by atoms with Gasteiger partial charge >= 0.3 is 0 Å². The van der Waals surface area contributed by atoms with Crippen molar-refractivity contribution in [3.63, 3.8) is 0 Å². The number of imidazole rings is 1. The third-order valence-electron chi connectivity index (χ3n) is 4.67. The summed E-state index contributed by atoms with van der Waals surface area (Å²) in [7, 11) is 0. The van der Waals surface area contributed by atoms with Gasteiger partial charge in [-0.25, -0.2) is 9.50 Å². The third kappa shape index (κ3) is 3.19. The average molecular weight is 333 g/mol. The van der Waals surface area contributed by atoms with Crippen molar-refractivity contribution in [1.29, 1.82) is 5.26 Å². The molecule has 0 aliphatic heterocycles. The quantitative estimate of drug-likeness (QED) is 0.769. The van der Waals surface area contributed by atoms with Crippen molar-refractivity contribution in [3.8, 4) is 17.3 Å². The largest absolute Gasteiger partial charge is 0.393 e. The van der Waals surface area contributed by atoms with Crippen LogP contribution in [0.1, 0.15) is 31.2 Å². The standard InChI is InChI=1S/C19H19N5O/c20-11-13-4-6-14(7-5-13)17-12-21-19-9-8-18(23-24(17)19)22-15-2-1-3-16(25)10-15/h4-9,12,15-16,25H,1-3,10H2,(H,22,23)/t15-,16-/m0/s1. The smallest absolute Gasteiger partial charge is 0.154 e. The zero-order valence-corrected chi connectivity index (χ0v) is 13.8. The first-order valence-corrected chi connectivity index (χ1v) is 8.53. The lowest BCUT2D eigenvalue weighted by Gasteiger charge is -2.26. The summed E-state index contributed by atoms with van der Waals surface area (Å²) < 4.78 is 1.81. The number of aromatic nitrogens is 3. The van der Waals surface area contributed by atoms with Gasteiger partial charge in [-0.3, -0.25) is 0 Å². The first-order chi connectivity index (χ1) is 12.2. The Bertz CT molecular complexity index is 925. The first kappa shape index (κ1) is 15.6. The fraction of sp³-hybridized carbons (Fsp3) is 0.316. The molecule has 2 atom stereocenters. The second kappa shape index (κ2) is 6.54. The molecule has 0 unspecified atom stereocenters. The minimum Gasteiger partial charge on any atom is -0.393 e. The zero-order valence-electron chi connectivity index (χ0n) is 13.8. The molecule has 0 bridgehead atoms. The van der Waals surface area contributed by atoms with E-state index in [0.717, 1.165) is 48.4 Å². The molecule has 0 saturated heterocycles. The Hall–Kier alpha value is -2.91. The molecule has 0 radical (unpaired) electrons. The molecule has 1 fully saturated rings. The first-order valence-electron chi connectivity index (χ1n) is 8.53. The molecule has 126 valence electrons. The number of benzene rings is 1. The monoisotopic (exact) mass is 333 g/mol. The van der Waals surface area contributed by atoms with Gasteiger partial charge in [-0.1, -0.05) is 12.1 Å². The van der Waals surface area contributed by atoms with E-state index in [9.17, 15) is 5.11 Å². The van der Waals surface area contributed by atoms with E-state index in [4.69, 9.17) is 5.26 Å². The number of nitrogens with one attached hydrogen (secondary N) is 1. The third-order valence-corrected chi connectivity index (χ3v) is 4.67. The summed E-state index contributed by atoms with van der Waals surface area (Å²) in [6.45, 7) is 0. The van der Waals surface area contributed by atoms with Crippen LogP contribution >= 0.6 is 0 Å². The average Bonchev–Trinajstić information content (AvgIpc) is 3.05. The number of nitriles is 1. The Morgan fingerprint density at radius 2 is 2.00 bits per heavy atom. The highest BCUT2D eigenvalue weighted by Gasteiger charge is 2.20. The van der Waals surface area contributed by atoms with Gasteiger partial charge in [0.25, 0.3) is 0 Å². The summed E-state index contributed by atoms with van der Waals surface area (Å²) in [6, 6.07) is 13.6. The minimum absolute atomic E-state index is 0.225. The fourth-order valence-corrected chi connectivity index (χ4v) is 3.37. The van der Waals surface area contributed by atoms with E-state index >= 15 is 0 Å². The van der Waals surface area contributed by atoms with Gasteiger partial charge in [0.15, 0.2) is 5.65 Å². The SMILES string of the molecule is N#Cc1ccc(-c2cnc3ccc(N[C@H]4CCC[C@H](O)C4)nn23)cc1. The molecular formula is C19H19N5O. The van der Waals surface area contributed by atoms with Crippen LogP contribution in [0.5, 0.6) is 0 Å². The molecule has 2 heterocycles. The number of aliphatic hydroxyl groups excluding tert-OH is 1. The highest BCUT2D eigenvalue weighted by Crippen LogP contribution is 2.24. The zero-order chi connectivity index (χ0) is 17.2. The predicted octanol–water partition coefficient (Wildman–Crippen LogP) is 2.98. The van der Waals surface area contributed by atoms with Crippen LogP contribution in [-0.4, -0.2) is 31.9 Å². The van der Waals surface area contributed by atoms with Crippen molar-refractivity contribution in [2.24, 2.45) is 0 Å². The minimum atomic E-state index is -0.225. The van der Waals surface area contributed by atoms with Gasteiger partial charge in [0.1, 0.15) is 5.82 Å². The van der Waals surface area contributed by atoms with Gasteiger partial charge in [0.05, 0.1) is 29.6 Å². The van der Waals surface area contributed by atoms with Gasteiger partial charge < -0.3 is 10.4 Å². The van der Waals surface area contributed by atoms with Crippen molar-refractivity contribution in [2.45, 2.75) is 37.8 Å². The van der Waals surface area contributed by atoms with Crippen LogP contribution in [-0.2, 0) is 0 Å². The maximum Gasteiger partial charge on any atom is 0.154 e. The van der Waals surface area contributed by atoms with E-state index in [0.29, 0.717) is 5.56 Å². The van der Waals surface area contributed by atoms with Crippen LogP contribution in [0.15, 0.2) is 42.6 Å². The Balaban J connectivity index is 1.64. The Morgan fingerprint density at radius 1 is 1.16 bits per heavy atom. The molecule has 4 rings (SSSR count). The molecule has 1 aliphatic carbocycles. The molecule has 1 aromatic carbocycles. The second-order valence-electron chi connectivity index (χ2n) is 6.48. The topological polar surface area (TPSA) is 86.2 Å². The number of aliphatic hydroxyl groups is 1. The maximum atomic E-state index is 9.83. The van der Waals surface area contributed by atoms with E-state index in [-0.39, 0.29) is 12.1 Å². The summed E-state index contributed by atoms with van der Waals surface area (Å²) >= 11 is 0.